The molecule has 0 atom stereocenters. The molecule has 0 aromatic heterocycles. The van der Waals surface area contributed by atoms with Crippen molar-refractivity contribution in [1.29, 1.82) is 0 Å². The van der Waals surface area contributed by atoms with Crippen LogP contribution in [0.2, 0.25) is 5.02 Å². The van der Waals surface area contributed by atoms with E-state index in [0.29, 0.717) is 5.02 Å². The molecule has 0 saturated heterocycles. The Hall–Kier alpha value is -2.86. The fourth-order valence-electron chi connectivity index (χ4n) is 2.01. The first-order chi connectivity index (χ1) is 12.0. The maximum Gasteiger partial charge on any atom is 0.339 e. The van der Waals surface area contributed by atoms with Crippen LogP contribution in [0.4, 0.5) is 0 Å². The molecule has 2 aromatic rings. The third-order valence-electron chi connectivity index (χ3n) is 3.29. The summed E-state index contributed by atoms with van der Waals surface area (Å²) in [7, 11) is 1.22. The van der Waals surface area contributed by atoms with Gasteiger partial charge in [-0.3, -0.25) is 4.79 Å². The summed E-state index contributed by atoms with van der Waals surface area (Å²) in [5, 5.41) is 3.23. The average Bonchev–Trinajstić information content (AvgIpc) is 2.65. The Balaban J connectivity index is 1.88. The molecule has 1 amide bonds. The molecule has 0 radical (unpaired) electrons. The highest BCUT2D eigenvalue weighted by atomic mass is 35.5. The van der Waals surface area contributed by atoms with Gasteiger partial charge in [-0.25, -0.2) is 9.59 Å². The predicted molar refractivity (Wildman–Crippen MR) is 91.4 cm³/mol. The Bertz CT molecular complexity index is 773. The zero-order valence-electron chi connectivity index (χ0n) is 13.5. The van der Waals surface area contributed by atoms with Crippen LogP contribution in [0.25, 0.3) is 0 Å². The first-order valence-corrected chi connectivity index (χ1v) is 7.74. The van der Waals surface area contributed by atoms with Crippen molar-refractivity contribution in [3.63, 3.8) is 0 Å². The highest BCUT2D eigenvalue weighted by molar-refractivity contribution is 6.30. The second kappa shape index (κ2) is 8.84. The number of benzene rings is 2. The molecule has 0 bridgehead atoms. The zero-order chi connectivity index (χ0) is 18.2. The fraction of sp³-hybridized carbons (Fsp3) is 0.167. The molecule has 2 rings (SSSR count). The summed E-state index contributed by atoms with van der Waals surface area (Å²) in [4.78, 5) is 35.5. The molecule has 0 aliphatic rings. The molecule has 0 spiro atoms. The second-order valence-corrected chi connectivity index (χ2v) is 5.45. The zero-order valence-corrected chi connectivity index (χ0v) is 14.2. The number of hydrogen-bond acceptors (Lipinski definition) is 5. The Labute approximate surface area is 149 Å². The fourth-order valence-corrected chi connectivity index (χ4v) is 2.14. The maximum atomic E-state index is 12.1. The lowest BCUT2D eigenvalue weighted by Gasteiger charge is -2.09. The van der Waals surface area contributed by atoms with Crippen LogP contribution in [-0.4, -0.2) is 31.6 Å². The number of carbonyl (C=O) groups is 3. The normalized spacial score (nSPS) is 10.0. The third-order valence-corrected chi connectivity index (χ3v) is 3.54. The molecule has 0 aliphatic carbocycles. The summed E-state index contributed by atoms with van der Waals surface area (Å²) >= 11 is 5.78. The Morgan fingerprint density at radius 2 is 1.56 bits per heavy atom. The lowest BCUT2D eigenvalue weighted by Crippen LogP contribution is -2.28. The van der Waals surface area contributed by atoms with E-state index in [2.05, 4.69) is 10.1 Å². The molecular weight excluding hydrogens is 346 g/mol. The van der Waals surface area contributed by atoms with Gasteiger partial charge in [0.25, 0.3) is 5.91 Å². The Morgan fingerprint density at radius 1 is 0.960 bits per heavy atom. The molecule has 0 fully saturated rings. The van der Waals surface area contributed by atoms with Gasteiger partial charge in [0, 0.05) is 11.6 Å². The molecule has 2 aromatic carbocycles. The first-order valence-electron chi connectivity index (χ1n) is 7.37. The number of esters is 2. The minimum absolute atomic E-state index is 0.0415. The molecule has 0 unspecified atom stereocenters. The van der Waals surface area contributed by atoms with E-state index in [1.807, 2.05) is 0 Å². The van der Waals surface area contributed by atoms with Crippen LogP contribution in [-0.2, 0) is 20.8 Å². The number of methoxy groups -OCH3 is 1. The van der Waals surface area contributed by atoms with Crippen molar-refractivity contribution < 1.29 is 23.9 Å². The molecule has 25 heavy (non-hydrogen) atoms. The van der Waals surface area contributed by atoms with Gasteiger partial charge in [-0.05, 0) is 29.8 Å². The first kappa shape index (κ1) is 18.5. The van der Waals surface area contributed by atoms with E-state index in [-0.39, 0.29) is 17.7 Å². The Morgan fingerprint density at radius 3 is 2.16 bits per heavy atom. The predicted octanol–water partition coefficient (Wildman–Crippen LogP) is 2.60. The van der Waals surface area contributed by atoms with Crippen molar-refractivity contribution in [2.75, 3.05) is 13.7 Å². The molecule has 6 nitrogen and oxygen atoms in total. The van der Waals surface area contributed by atoms with Gasteiger partial charge in [0.05, 0.1) is 18.2 Å². The molecule has 0 heterocycles. The van der Waals surface area contributed by atoms with Crippen LogP contribution in [0.5, 0.6) is 0 Å². The highest BCUT2D eigenvalue weighted by Gasteiger charge is 2.18. The SMILES string of the molecule is COC(=O)c1ccccc1C(=O)OCC(=O)NCc1ccc(Cl)cc1. The van der Waals surface area contributed by atoms with Crippen molar-refractivity contribution in [3.8, 4) is 0 Å². The highest BCUT2D eigenvalue weighted by Crippen LogP contribution is 2.12. The van der Waals surface area contributed by atoms with Gasteiger partial charge in [0.1, 0.15) is 0 Å². The maximum absolute atomic E-state index is 12.1. The molecule has 0 saturated carbocycles. The van der Waals surface area contributed by atoms with Crippen LogP contribution in [0.3, 0.4) is 0 Å². The van der Waals surface area contributed by atoms with Gasteiger partial charge in [0.15, 0.2) is 6.61 Å². The number of rotatable bonds is 6. The van der Waals surface area contributed by atoms with Gasteiger partial charge < -0.3 is 14.8 Å². The van der Waals surface area contributed by atoms with Gasteiger partial charge in [-0.1, -0.05) is 35.9 Å². The summed E-state index contributed by atoms with van der Waals surface area (Å²) in [6, 6.07) is 13.1. The van der Waals surface area contributed by atoms with Crippen LogP contribution >= 0.6 is 11.6 Å². The summed E-state index contributed by atoms with van der Waals surface area (Å²) in [5.74, 6) is -1.89. The van der Waals surface area contributed by atoms with Gasteiger partial charge in [-0.15, -0.1) is 0 Å². The van der Waals surface area contributed by atoms with Crippen LogP contribution < -0.4 is 5.32 Å². The molecular formula is C18H16ClNO5. The second-order valence-electron chi connectivity index (χ2n) is 5.02. The molecule has 1 N–H and O–H groups in total. The monoisotopic (exact) mass is 361 g/mol. The van der Waals surface area contributed by atoms with Crippen LogP contribution in [0.15, 0.2) is 48.5 Å². The van der Waals surface area contributed by atoms with Gasteiger partial charge >= 0.3 is 11.9 Å². The van der Waals surface area contributed by atoms with Gasteiger partial charge in [0.2, 0.25) is 0 Å². The quantitative estimate of drug-likeness (QED) is 0.800. The minimum atomic E-state index is -0.775. The third kappa shape index (κ3) is 5.32. The van der Waals surface area contributed by atoms with Crippen LogP contribution in [0, 0.1) is 0 Å². The van der Waals surface area contributed by atoms with Crippen molar-refractivity contribution in [2.45, 2.75) is 6.54 Å². The number of halogens is 1. The lowest BCUT2D eigenvalue weighted by atomic mass is 10.1. The van der Waals surface area contributed by atoms with E-state index in [0.717, 1.165) is 5.56 Å². The van der Waals surface area contributed by atoms with E-state index < -0.39 is 24.5 Å². The number of carbonyl (C=O) groups excluding carboxylic acids is 3. The molecule has 130 valence electrons. The largest absolute Gasteiger partial charge is 0.465 e. The number of amides is 1. The minimum Gasteiger partial charge on any atom is -0.465 e. The Kier molecular flexibility index (Phi) is 6.54. The van der Waals surface area contributed by atoms with Crippen molar-refractivity contribution >= 4 is 29.4 Å². The van der Waals surface area contributed by atoms with Crippen molar-refractivity contribution in [1.82, 2.24) is 5.32 Å². The molecule has 7 heteroatoms. The van der Waals surface area contributed by atoms with E-state index in [1.54, 1.807) is 36.4 Å². The smallest absolute Gasteiger partial charge is 0.339 e. The summed E-state index contributed by atoms with van der Waals surface area (Å²) in [6.07, 6.45) is 0. The van der Waals surface area contributed by atoms with E-state index >= 15 is 0 Å². The lowest BCUT2D eigenvalue weighted by molar-refractivity contribution is -0.124. The number of hydrogen-bond donors (Lipinski definition) is 1. The van der Waals surface area contributed by atoms with Crippen molar-refractivity contribution in [2.24, 2.45) is 0 Å². The number of ether oxygens (including phenoxy) is 2. The summed E-state index contributed by atoms with van der Waals surface area (Å²) in [6.45, 7) is -0.172. The molecule has 0 aliphatic heterocycles. The van der Waals surface area contributed by atoms with Crippen molar-refractivity contribution in [3.05, 3.63) is 70.2 Å². The standard InChI is InChI=1S/C18H16ClNO5/c1-24-17(22)14-4-2-3-5-15(14)18(23)25-11-16(21)20-10-12-6-8-13(19)9-7-12/h2-9H,10-11H2,1H3,(H,20,21). The summed E-state index contributed by atoms with van der Waals surface area (Å²) in [5.41, 5.74) is 0.983. The van der Waals surface area contributed by atoms with Gasteiger partial charge in [-0.2, -0.15) is 0 Å². The number of nitrogens with one attached hydrogen (secondary N) is 1. The topological polar surface area (TPSA) is 81.7 Å². The average molecular weight is 362 g/mol. The van der Waals surface area contributed by atoms with E-state index in [9.17, 15) is 14.4 Å². The van der Waals surface area contributed by atoms with E-state index in [4.69, 9.17) is 16.3 Å². The summed E-state index contributed by atoms with van der Waals surface area (Å²) < 4.78 is 9.57. The van der Waals surface area contributed by atoms with E-state index in [1.165, 1.54) is 19.2 Å². The van der Waals surface area contributed by atoms with Crippen LogP contribution in [0.1, 0.15) is 26.3 Å².